The molecule has 0 saturated heterocycles. The molecule has 0 saturated carbocycles. The first-order valence-corrected chi connectivity index (χ1v) is 24.0. The van der Waals surface area contributed by atoms with Crippen LogP contribution in [0.25, 0.3) is 60.7 Å². The number of para-hydroxylation sites is 1. The van der Waals surface area contributed by atoms with Crippen molar-refractivity contribution in [1.29, 1.82) is 0 Å². The second-order valence-electron chi connectivity index (χ2n) is 22.1. The van der Waals surface area contributed by atoms with E-state index in [-0.39, 0.29) is 21.7 Å². The van der Waals surface area contributed by atoms with Gasteiger partial charge < -0.3 is 14.3 Å². The number of hydrogen-bond donors (Lipinski definition) is 1. The summed E-state index contributed by atoms with van der Waals surface area (Å²) in [4.78, 5) is 0. The fourth-order valence-corrected chi connectivity index (χ4v) is 11.9. The maximum Gasteiger partial charge on any atom is 0.244 e. The molecule has 1 aliphatic heterocycles. The van der Waals surface area contributed by atoms with E-state index < -0.39 is 0 Å². The van der Waals surface area contributed by atoms with Crippen molar-refractivity contribution < 1.29 is 4.42 Å². The molecular weight excluding hydrogens is 763 g/mol. The number of nitrogens with one attached hydrogen (secondary N) is 1. The molecule has 1 N–H and O–H groups in total. The van der Waals surface area contributed by atoms with E-state index in [0.29, 0.717) is 0 Å². The Balaban J connectivity index is 1.23. The van der Waals surface area contributed by atoms with Crippen LogP contribution >= 0.6 is 0 Å². The topological polar surface area (TPSA) is 30.1 Å². The molecule has 2 aromatic heterocycles. The standard InChI is InChI=1S/C59H63BN2O/c1-10-11-13-18-36-23-25-38(26-24-36)61-48-22-17-16-21-39(48)41-31-40(37-19-14-12-15-20-37)51-42-32-44-46(58(6,7)29-27-56(44,2)3)34-49(42)62-53-43-33-45-47(59(8,9)30-28-57(45,4)5)35-50(43)63-55(53)60-52(41)54(51)62/h12,14-17,19-26,31-35,60-61H,10-11,13,18,27-30H2,1-9H3. The lowest BCUT2D eigenvalue weighted by Gasteiger charge is -2.42. The molecule has 3 aliphatic rings. The van der Waals surface area contributed by atoms with Gasteiger partial charge in [-0.3, -0.25) is 0 Å². The molecule has 0 radical (unpaired) electrons. The Bertz CT molecular complexity index is 3120. The number of nitrogens with zero attached hydrogens (tertiary/aromatic N) is 1. The number of unbranched alkanes of at least 4 members (excludes halogenated alkanes) is 2. The van der Waals surface area contributed by atoms with Gasteiger partial charge in [-0.05, 0) is 159 Å². The van der Waals surface area contributed by atoms with Crippen LogP contribution in [0.1, 0.15) is 135 Å². The largest absolute Gasteiger partial charge is 0.469 e. The molecule has 318 valence electrons. The molecule has 0 atom stereocenters. The number of aryl methyl sites for hydroxylation is 1. The molecule has 0 amide bonds. The van der Waals surface area contributed by atoms with Crippen LogP contribution < -0.4 is 16.4 Å². The number of furan rings is 1. The first-order chi connectivity index (χ1) is 30.1. The number of hydrogen-bond acceptors (Lipinski definition) is 2. The fraction of sp³-hybridized carbons (Fsp3) is 0.356. The minimum absolute atomic E-state index is 0.0645. The Morgan fingerprint density at radius 3 is 1.87 bits per heavy atom. The summed E-state index contributed by atoms with van der Waals surface area (Å²) in [5, 5.41) is 7.82. The summed E-state index contributed by atoms with van der Waals surface area (Å²) < 4.78 is 9.92. The molecule has 0 unspecified atom stereocenters. The first kappa shape index (κ1) is 40.3. The summed E-state index contributed by atoms with van der Waals surface area (Å²) in [5.74, 6) is 0. The van der Waals surface area contributed by atoms with E-state index >= 15 is 0 Å². The van der Waals surface area contributed by atoms with Gasteiger partial charge in [0.15, 0.2) is 0 Å². The minimum Gasteiger partial charge on any atom is -0.469 e. The number of anilines is 2. The molecule has 0 spiro atoms. The van der Waals surface area contributed by atoms with Crippen LogP contribution in [0.3, 0.4) is 0 Å². The quantitative estimate of drug-likeness (QED) is 0.122. The molecule has 11 rings (SSSR count). The Morgan fingerprint density at radius 1 is 0.603 bits per heavy atom. The molecule has 2 aliphatic carbocycles. The average molecular weight is 827 g/mol. The summed E-state index contributed by atoms with van der Waals surface area (Å²) in [6.45, 7) is 21.9. The van der Waals surface area contributed by atoms with Crippen LogP contribution in [0.15, 0.2) is 114 Å². The molecular formula is C59H63BN2O. The Morgan fingerprint density at radius 2 is 1.21 bits per heavy atom. The highest BCUT2D eigenvalue weighted by Gasteiger charge is 2.41. The summed E-state index contributed by atoms with van der Waals surface area (Å²) in [7, 11) is 0.718. The van der Waals surface area contributed by atoms with Gasteiger partial charge in [-0.1, -0.05) is 136 Å². The third kappa shape index (κ3) is 6.36. The molecule has 0 fully saturated rings. The van der Waals surface area contributed by atoms with Crippen molar-refractivity contribution in [3.63, 3.8) is 0 Å². The van der Waals surface area contributed by atoms with Crippen LogP contribution in [-0.2, 0) is 28.1 Å². The van der Waals surface area contributed by atoms with E-state index in [1.165, 1.54) is 133 Å². The van der Waals surface area contributed by atoms with Crippen LogP contribution in [-0.4, -0.2) is 11.8 Å². The number of benzene rings is 6. The maximum absolute atomic E-state index is 7.25. The summed E-state index contributed by atoms with van der Waals surface area (Å²) >= 11 is 0. The highest BCUT2D eigenvalue weighted by Crippen LogP contribution is 2.52. The molecule has 8 aromatic rings. The fourth-order valence-electron chi connectivity index (χ4n) is 11.9. The lowest BCUT2D eigenvalue weighted by molar-refractivity contribution is 0.332. The van der Waals surface area contributed by atoms with Crippen LogP contribution in [0.4, 0.5) is 11.4 Å². The third-order valence-corrected chi connectivity index (χ3v) is 16.0. The van der Waals surface area contributed by atoms with Crippen molar-refractivity contribution in [3.8, 4) is 27.9 Å². The Hall–Kier alpha value is -5.48. The van der Waals surface area contributed by atoms with Gasteiger partial charge in [-0.25, -0.2) is 0 Å². The van der Waals surface area contributed by atoms with E-state index in [4.69, 9.17) is 4.42 Å². The molecule has 3 nitrogen and oxygen atoms in total. The van der Waals surface area contributed by atoms with Crippen LogP contribution in [0.5, 0.6) is 0 Å². The van der Waals surface area contributed by atoms with Gasteiger partial charge in [0.1, 0.15) is 5.58 Å². The molecule has 63 heavy (non-hydrogen) atoms. The Kier molecular flexibility index (Phi) is 9.13. The smallest absolute Gasteiger partial charge is 0.244 e. The van der Waals surface area contributed by atoms with Crippen molar-refractivity contribution in [2.45, 2.75) is 135 Å². The summed E-state index contributed by atoms with van der Waals surface area (Å²) in [6.07, 6.45) is 9.58. The van der Waals surface area contributed by atoms with Crippen molar-refractivity contribution in [1.82, 2.24) is 4.57 Å². The zero-order chi connectivity index (χ0) is 43.6. The molecule has 3 heterocycles. The zero-order valence-corrected chi connectivity index (χ0v) is 39.1. The number of fused-ring (bicyclic) bond motifs is 9. The van der Waals surface area contributed by atoms with E-state index in [2.05, 4.69) is 181 Å². The van der Waals surface area contributed by atoms with E-state index in [9.17, 15) is 0 Å². The number of aromatic nitrogens is 1. The van der Waals surface area contributed by atoms with Gasteiger partial charge in [0.05, 0.1) is 22.4 Å². The predicted octanol–water partition coefficient (Wildman–Crippen LogP) is 14.7. The summed E-state index contributed by atoms with van der Waals surface area (Å²) in [6, 6.07) is 41.9. The second-order valence-corrected chi connectivity index (χ2v) is 22.1. The van der Waals surface area contributed by atoms with Gasteiger partial charge in [0, 0.05) is 33.1 Å². The second kappa shape index (κ2) is 14.3. The van der Waals surface area contributed by atoms with Gasteiger partial charge in [-0.2, -0.15) is 0 Å². The zero-order valence-electron chi connectivity index (χ0n) is 39.1. The molecule has 0 bridgehead atoms. The van der Waals surface area contributed by atoms with Gasteiger partial charge in [0.25, 0.3) is 0 Å². The van der Waals surface area contributed by atoms with E-state index in [0.717, 1.165) is 36.3 Å². The lowest BCUT2D eigenvalue weighted by Crippen LogP contribution is -2.36. The van der Waals surface area contributed by atoms with Crippen molar-refractivity contribution in [2.24, 2.45) is 0 Å². The van der Waals surface area contributed by atoms with Gasteiger partial charge in [-0.15, -0.1) is 0 Å². The van der Waals surface area contributed by atoms with Crippen LogP contribution in [0.2, 0.25) is 0 Å². The van der Waals surface area contributed by atoms with E-state index in [1.54, 1.807) is 0 Å². The normalized spacial score (nSPS) is 17.6. The monoisotopic (exact) mass is 827 g/mol. The molecule has 6 aromatic carbocycles. The first-order valence-electron chi connectivity index (χ1n) is 24.0. The Labute approximate surface area is 375 Å². The third-order valence-electron chi connectivity index (χ3n) is 16.0. The highest BCUT2D eigenvalue weighted by molar-refractivity contribution is 6.73. The average Bonchev–Trinajstić information content (AvgIpc) is 3.80. The van der Waals surface area contributed by atoms with Gasteiger partial charge >= 0.3 is 0 Å². The van der Waals surface area contributed by atoms with Crippen molar-refractivity contribution in [3.05, 3.63) is 137 Å². The maximum atomic E-state index is 7.25. The number of rotatable bonds is 8. The summed E-state index contributed by atoms with van der Waals surface area (Å²) in [5.41, 5.74) is 22.0. The van der Waals surface area contributed by atoms with Crippen molar-refractivity contribution >= 4 is 62.6 Å². The minimum atomic E-state index is 0.0645. The highest BCUT2D eigenvalue weighted by atomic mass is 16.3. The van der Waals surface area contributed by atoms with E-state index in [1.807, 2.05) is 0 Å². The van der Waals surface area contributed by atoms with Gasteiger partial charge in [0.2, 0.25) is 7.28 Å². The molecule has 4 heteroatoms. The SMILES string of the molecule is CCCCCc1ccc(Nc2ccccc2-c2cc(-c3ccccc3)c3c4cc5c(cc4n4c3c2Bc2oc3cc6c(cc3c2-4)C(C)(C)CCC6(C)C)C(C)(C)CCC5(C)C)cc1. The van der Waals surface area contributed by atoms with Crippen LogP contribution in [0, 0.1) is 0 Å². The predicted molar refractivity (Wildman–Crippen MR) is 271 cm³/mol. The lowest BCUT2D eigenvalue weighted by atomic mass is 9.61. The van der Waals surface area contributed by atoms with Crippen molar-refractivity contribution in [2.75, 3.05) is 5.32 Å².